The van der Waals surface area contributed by atoms with Crippen LogP contribution in [-0.2, 0) is 14.3 Å². The molecular weight excluding hydrogens is 454 g/mol. The van der Waals surface area contributed by atoms with Gasteiger partial charge in [-0.15, -0.1) is 11.3 Å². The number of nitrogens with zero attached hydrogens (tertiary/aromatic N) is 2. The second kappa shape index (κ2) is 13.7. The highest BCUT2D eigenvalue weighted by Crippen LogP contribution is 2.30. The molecule has 1 rings (SSSR count). The van der Waals surface area contributed by atoms with Gasteiger partial charge < -0.3 is 26.0 Å². The first-order valence-electron chi connectivity index (χ1n) is 11.9. The molecule has 0 aromatic carbocycles. The van der Waals surface area contributed by atoms with Crippen LogP contribution in [0.1, 0.15) is 76.0 Å². The lowest BCUT2D eigenvalue weighted by Gasteiger charge is -2.37. The van der Waals surface area contributed by atoms with Crippen molar-refractivity contribution in [3.8, 4) is 0 Å². The highest BCUT2D eigenvalue weighted by Gasteiger charge is 2.35. The van der Waals surface area contributed by atoms with E-state index in [9.17, 15) is 14.4 Å². The second-order valence-electron chi connectivity index (χ2n) is 9.54. The quantitative estimate of drug-likeness (QED) is 0.363. The Morgan fingerprint density at radius 2 is 1.76 bits per heavy atom. The molecule has 2 unspecified atom stereocenters. The van der Waals surface area contributed by atoms with Crippen molar-refractivity contribution in [2.75, 3.05) is 21.2 Å². The maximum absolute atomic E-state index is 13.7. The number of carbonyl (C=O) groups is 3. The zero-order chi connectivity index (χ0) is 26.2. The summed E-state index contributed by atoms with van der Waals surface area (Å²) in [6, 6.07) is -1.19. The molecule has 9 nitrogen and oxygen atoms in total. The van der Waals surface area contributed by atoms with Crippen LogP contribution in [0.2, 0.25) is 0 Å². The Morgan fingerprint density at radius 3 is 2.18 bits per heavy atom. The lowest BCUT2D eigenvalue weighted by atomic mass is 9.92. The average Bonchev–Trinajstić information content (AvgIpc) is 3.27. The van der Waals surface area contributed by atoms with Crippen molar-refractivity contribution in [2.45, 2.75) is 78.6 Å². The molecule has 1 aromatic rings. The van der Waals surface area contributed by atoms with Gasteiger partial charge in [-0.2, -0.15) is 0 Å². The van der Waals surface area contributed by atoms with E-state index in [1.54, 1.807) is 31.5 Å². The van der Waals surface area contributed by atoms with Crippen molar-refractivity contribution in [1.29, 1.82) is 0 Å². The minimum absolute atomic E-state index is 0.0355. The molecule has 0 spiro atoms. The zero-order valence-electron chi connectivity index (χ0n) is 22.0. The Hall–Kier alpha value is -2.04. The summed E-state index contributed by atoms with van der Waals surface area (Å²) in [7, 11) is 5.11. The van der Waals surface area contributed by atoms with Crippen LogP contribution in [0, 0.1) is 17.8 Å². The Balaban J connectivity index is 3.14. The van der Waals surface area contributed by atoms with Gasteiger partial charge in [0.2, 0.25) is 11.8 Å². The van der Waals surface area contributed by atoms with Gasteiger partial charge in [0.25, 0.3) is 5.91 Å². The largest absolute Gasteiger partial charge is 0.374 e. The molecule has 0 saturated heterocycles. The molecule has 0 aliphatic rings. The van der Waals surface area contributed by atoms with Crippen LogP contribution in [0.4, 0.5) is 0 Å². The van der Waals surface area contributed by atoms with Crippen LogP contribution in [0.15, 0.2) is 5.38 Å². The molecule has 4 N–H and O–H groups in total. The minimum atomic E-state index is -0.638. The fourth-order valence-corrected chi connectivity index (χ4v) is 4.92. The summed E-state index contributed by atoms with van der Waals surface area (Å²) in [5, 5.41) is 8.30. The van der Waals surface area contributed by atoms with Gasteiger partial charge in [-0.3, -0.25) is 14.4 Å². The van der Waals surface area contributed by atoms with Crippen molar-refractivity contribution in [3.05, 3.63) is 16.1 Å². The third kappa shape index (κ3) is 7.74. The van der Waals surface area contributed by atoms with Crippen molar-refractivity contribution in [1.82, 2.24) is 20.5 Å². The number of hydrogen-bond acceptors (Lipinski definition) is 7. The number of carbonyl (C=O) groups excluding carboxylic acids is 3. The van der Waals surface area contributed by atoms with Crippen LogP contribution in [-0.4, -0.2) is 66.9 Å². The summed E-state index contributed by atoms with van der Waals surface area (Å²) >= 11 is 1.31. The number of nitrogens with one attached hydrogen (secondary N) is 2. The Kier molecular flexibility index (Phi) is 12.1. The second-order valence-corrected chi connectivity index (χ2v) is 10.4. The number of methoxy groups -OCH3 is 1. The van der Waals surface area contributed by atoms with Crippen LogP contribution >= 0.6 is 11.3 Å². The van der Waals surface area contributed by atoms with Gasteiger partial charge in [0.1, 0.15) is 22.8 Å². The first-order chi connectivity index (χ1) is 15.9. The number of ether oxygens (including phenoxy) is 1. The average molecular weight is 498 g/mol. The topological polar surface area (TPSA) is 127 Å². The third-order valence-electron chi connectivity index (χ3n) is 6.44. The number of thiazole rings is 1. The van der Waals surface area contributed by atoms with E-state index >= 15 is 0 Å². The monoisotopic (exact) mass is 497 g/mol. The van der Waals surface area contributed by atoms with Crippen LogP contribution in [0.3, 0.4) is 0 Å². The molecule has 0 bridgehead atoms. The number of primary amides is 1. The molecule has 5 atom stereocenters. The number of hydrogen-bond donors (Lipinski definition) is 3. The van der Waals surface area contributed by atoms with Crippen molar-refractivity contribution in [3.63, 3.8) is 0 Å². The van der Waals surface area contributed by atoms with E-state index in [1.807, 2.05) is 41.5 Å². The molecule has 0 saturated carbocycles. The van der Waals surface area contributed by atoms with E-state index < -0.39 is 18.1 Å². The van der Waals surface area contributed by atoms with E-state index in [4.69, 9.17) is 10.5 Å². The van der Waals surface area contributed by atoms with Crippen molar-refractivity contribution in [2.24, 2.45) is 23.5 Å². The number of nitrogens with two attached hydrogens (primary N) is 1. The third-order valence-corrected chi connectivity index (χ3v) is 7.38. The lowest BCUT2D eigenvalue weighted by molar-refractivity contribution is -0.140. The molecular formula is C24H43N5O4S. The molecule has 0 fully saturated rings. The van der Waals surface area contributed by atoms with E-state index in [2.05, 4.69) is 15.6 Å². The number of rotatable bonds is 14. The van der Waals surface area contributed by atoms with Gasteiger partial charge in [-0.05, 0) is 24.8 Å². The maximum atomic E-state index is 13.7. The van der Waals surface area contributed by atoms with E-state index in [-0.39, 0.29) is 47.3 Å². The minimum Gasteiger partial charge on any atom is -0.374 e. The van der Waals surface area contributed by atoms with E-state index in [0.717, 1.165) is 6.42 Å². The summed E-state index contributed by atoms with van der Waals surface area (Å²) < 4.78 is 5.69. The molecule has 34 heavy (non-hydrogen) atoms. The van der Waals surface area contributed by atoms with Gasteiger partial charge in [0.05, 0.1) is 6.04 Å². The first kappa shape index (κ1) is 30.0. The molecule has 0 aliphatic heterocycles. The Bertz CT molecular complexity index is 813. The molecule has 0 aliphatic carbocycles. The summed E-state index contributed by atoms with van der Waals surface area (Å²) in [5.41, 5.74) is 5.55. The van der Waals surface area contributed by atoms with Gasteiger partial charge in [0, 0.05) is 32.0 Å². The Morgan fingerprint density at radius 1 is 1.15 bits per heavy atom. The zero-order valence-corrected chi connectivity index (χ0v) is 22.9. The maximum Gasteiger partial charge on any atom is 0.268 e. The van der Waals surface area contributed by atoms with Gasteiger partial charge in [-0.25, -0.2) is 4.98 Å². The van der Waals surface area contributed by atoms with Crippen LogP contribution < -0.4 is 16.4 Å². The first-order valence-corrected chi connectivity index (χ1v) is 12.8. The summed E-state index contributed by atoms with van der Waals surface area (Å²) in [6.07, 6.45) is 0.847. The molecule has 1 heterocycles. The number of likely N-dealkylation sites (N-methyl/N-ethyl adjacent to an activating group) is 2. The predicted octanol–water partition coefficient (Wildman–Crippen LogP) is 2.58. The number of amides is 3. The van der Waals surface area contributed by atoms with Crippen LogP contribution in [0.25, 0.3) is 0 Å². The number of aromatic nitrogens is 1. The summed E-state index contributed by atoms with van der Waals surface area (Å²) in [4.78, 5) is 44.1. The lowest BCUT2D eigenvalue weighted by Crippen LogP contribution is -2.57. The Labute approximate surface area is 208 Å². The molecule has 0 radical (unpaired) electrons. The van der Waals surface area contributed by atoms with Crippen molar-refractivity contribution >= 4 is 29.1 Å². The van der Waals surface area contributed by atoms with E-state index in [1.165, 1.54) is 11.3 Å². The molecule has 1 aromatic heterocycles. The summed E-state index contributed by atoms with van der Waals surface area (Å²) in [5.74, 6) is -0.722. The van der Waals surface area contributed by atoms with Gasteiger partial charge in [0.15, 0.2) is 0 Å². The normalized spacial score (nSPS) is 16.1. The van der Waals surface area contributed by atoms with Crippen molar-refractivity contribution < 1.29 is 19.1 Å². The standard InChI is InChI=1S/C24H43N5O4S/c1-10-15(6)20(28-22(31)19(26-7)14(4)5)24(32)29(8)17(13(2)3)11-18(33-9)23-27-16(12-34-23)21(25)30/h12-15,17-20,26H,10-11H2,1-9H3,(H2,25,30)(H,28,31)/t15?,17-,18?,19+,20+/m1/s1. The van der Waals surface area contributed by atoms with Gasteiger partial charge in [-0.1, -0.05) is 48.0 Å². The smallest absolute Gasteiger partial charge is 0.268 e. The fraction of sp³-hybridized carbons (Fsp3) is 0.750. The van der Waals surface area contributed by atoms with Gasteiger partial charge >= 0.3 is 0 Å². The predicted molar refractivity (Wildman–Crippen MR) is 135 cm³/mol. The summed E-state index contributed by atoms with van der Waals surface area (Å²) in [6.45, 7) is 12.0. The SMILES string of the molecule is CCC(C)[C@H](NC(=O)[C@@H](NC)C(C)C)C(=O)N(C)[C@H](CC(OC)c1nc(C(N)=O)cs1)C(C)C. The van der Waals surface area contributed by atoms with Crippen LogP contribution in [0.5, 0.6) is 0 Å². The highest BCUT2D eigenvalue weighted by molar-refractivity contribution is 7.09. The fourth-order valence-electron chi connectivity index (χ4n) is 4.02. The molecule has 3 amide bonds. The highest BCUT2D eigenvalue weighted by atomic mass is 32.1. The van der Waals surface area contributed by atoms with E-state index in [0.29, 0.717) is 11.4 Å². The molecule has 10 heteroatoms. The molecule has 194 valence electrons.